The van der Waals surface area contributed by atoms with E-state index in [0.717, 1.165) is 12.1 Å². The van der Waals surface area contributed by atoms with Gasteiger partial charge in [0.25, 0.3) is 0 Å². The van der Waals surface area contributed by atoms with Crippen LogP contribution in [0.1, 0.15) is 36.6 Å². The number of alkyl halides is 3. The van der Waals surface area contributed by atoms with E-state index in [9.17, 15) is 18.0 Å². The number of carbonyl (C=O) groups excluding carboxylic acids is 1. The van der Waals surface area contributed by atoms with Crippen LogP contribution < -0.4 is 0 Å². The van der Waals surface area contributed by atoms with Crippen LogP contribution in [0.15, 0.2) is 59.5 Å². The molecule has 0 atom stereocenters. The highest BCUT2D eigenvalue weighted by Gasteiger charge is 2.30. The van der Waals surface area contributed by atoms with Gasteiger partial charge in [-0.05, 0) is 29.8 Å². The molecule has 5 nitrogen and oxygen atoms in total. The van der Waals surface area contributed by atoms with Gasteiger partial charge in [-0.3, -0.25) is 4.79 Å². The normalized spacial score (nSPS) is 11.8. The second-order valence-corrected chi connectivity index (χ2v) is 7.10. The summed E-state index contributed by atoms with van der Waals surface area (Å²) in [6.45, 7) is 4.37. The third-order valence-electron chi connectivity index (χ3n) is 4.47. The number of imidazole rings is 1. The monoisotopic (exact) mass is 405 g/mol. The van der Waals surface area contributed by atoms with E-state index in [-0.39, 0.29) is 24.9 Å². The molecule has 0 aliphatic carbocycles. The average Bonchev–Trinajstić information content (AvgIpc) is 3.32. The van der Waals surface area contributed by atoms with Crippen LogP contribution in [0.5, 0.6) is 0 Å². The Morgan fingerprint density at radius 1 is 1.21 bits per heavy atom. The zero-order valence-corrected chi connectivity index (χ0v) is 16.2. The summed E-state index contributed by atoms with van der Waals surface area (Å²) in [6.07, 6.45) is 0.424. The Balaban J connectivity index is 1.80. The Morgan fingerprint density at radius 2 is 2.00 bits per heavy atom. The van der Waals surface area contributed by atoms with Crippen LogP contribution >= 0.6 is 0 Å². The predicted octanol–water partition coefficient (Wildman–Crippen LogP) is 4.73. The third kappa shape index (κ3) is 5.28. The van der Waals surface area contributed by atoms with Gasteiger partial charge in [0.1, 0.15) is 11.6 Å². The molecule has 2 aromatic heterocycles. The molecule has 0 fully saturated rings. The molecule has 0 saturated heterocycles. The molecule has 8 heteroatoms. The Hall–Kier alpha value is -3.03. The SMILES string of the molecule is CC(C)C(=O)N(Cc1ccco1)Cc1nccn1Cc1cccc(C(F)(F)F)c1. The predicted molar refractivity (Wildman–Crippen MR) is 101 cm³/mol. The molecule has 154 valence electrons. The van der Waals surface area contributed by atoms with Crippen LogP contribution in [0.2, 0.25) is 0 Å². The maximum absolute atomic E-state index is 13.0. The first-order valence-corrected chi connectivity index (χ1v) is 9.21. The number of amides is 1. The number of halogens is 3. The van der Waals surface area contributed by atoms with Gasteiger partial charge in [-0.25, -0.2) is 4.98 Å². The molecule has 0 aliphatic rings. The van der Waals surface area contributed by atoms with Crippen LogP contribution in [-0.4, -0.2) is 20.4 Å². The second-order valence-electron chi connectivity index (χ2n) is 7.10. The minimum absolute atomic E-state index is 0.0602. The van der Waals surface area contributed by atoms with Crippen LogP contribution in [0.25, 0.3) is 0 Å². The van der Waals surface area contributed by atoms with Crippen molar-refractivity contribution in [3.05, 3.63) is 77.8 Å². The first-order valence-electron chi connectivity index (χ1n) is 9.21. The van der Waals surface area contributed by atoms with Gasteiger partial charge in [0.05, 0.1) is 24.9 Å². The van der Waals surface area contributed by atoms with Crippen molar-refractivity contribution in [2.75, 3.05) is 0 Å². The number of hydrogen-bond acceptors (Lipinski definition) is 3. The molecule has 0 aliphatic heterocycles. The molecule has 0 unspecified atom stereocenters. The van der Waals surface area contributed by atoms with Crippen LogP contribution in [-0.2, 0) is 30.6 Å². The summed E-state index contributed by atoms with van der Waals surface area (Å²) < 4.78 is 46.0. The highest BCUT2D eigenvalue weighted by Crippen LogP contribution is 2.29. The number of hydrogen-bond donors (Lipinski definition) is 0. The van der Waals surface area contributed by atoms with Crippen molar-refractivity contribution in [1.29, 1.82) is 0 Å². The standard InChI is InChI=1S/C21H22F3N3O2/c1-15(2)20(28)27(13-18-7-4-10-29-18)14-19-25-8-9-26(19)12-16-5-3-6-17(11-16)21(22,23)24/h3-11,15H,12-14H2,1-2H3. The maximum atomic E-state index is 13.0. The highest BCUT2D eigenvalue weighted by molar-refractivity contribution is 5.78. The van der Waals surface area contributed by atoms with Crippen molar-refractivity contribution in [2.24, 2.45) is 5.92 Å². The smallest absolute Gasteiger partial charge is 0.416 e. The zero-order chi connectivity index (χ0) is 21.0. The fourth-order valence-electron chi connectivity index (χ4n) is 3.02. The minimum Gasteiger partial charge on any atom is -0.467 e. The summed E-state index contributed by atoms with van der Waals surface area (Å²) in [4.78, 5) is 18.6. The van der Waals surface area contributed by atoms with E-state index >= 15 is 0 Å². The molecule has 0 saturated carbocycles. The van der Waals surface area contributed by atoms with Gasteiger partial charge >= 0.3 is 6.18 Å². The van der Waals surface area contributed by atoms with Crippen molar-refractivity contribution in [1.82, 2.24) is 14.5 Å². The number of rotatable bonds is 7. The summed E-state index contributed by atoms with van der Waals surface area (Å²) in [5.41, 5.74) is -0.182. The molecule has 29 heavy (non-hydrogen) atoms. The van der Waals surface area contributed by atoms with E-state index in [1.165, 1.54) is 6.07 Å². The molecular formula is C21H22F3N3O2. The lowest BCUT2D eigenvalue weighted by Crippen LogP contribution is -2.34. The lowest BCUT2D eigenvalue weighted by atomic mass is 10.1. The van der Waals surface area contributed by atoms with E-state index in [0.29, 0.717) is 23.7 Å². The fourth-order valence-corrected chi connectivity index (χ4v) is 3.02. The van der Waals surface area contributed by atoms with Gasteiger partial charge in [0, 0.05) is 24.9 Å². The quantitative estimate of drug-likeness (QED) is 0.571. The van der Waals surface area contributed by atoms with Crippen molar-refractivity contribution in [3.8, 4) is 0 Å². The lowest BCUT2D eigenvalue weighted by Gasteiger charge is -2.24. The Kier molecular flexibility index (Phi) is 6.10. The molecule has 0 bridgehead atoms. The van der Waals surface area contributed by atoms with Crippen molar-refractivity contribution >= 4 is 5.91 Å². The minimum atomic E-state index is -4.39. The summed E-state index contributed by atoms with van der Waals surface area (Å²) in [6, 6.07) is 8.74. The van der Waals surface area contributed by atoms with Gasteiger partial charge in [0.2, 0.25) is 5.91 Å². The molecule has 1 amide bonds. The summed E-state index contributed by atoms with van der Waals surface area (Å²) >= 11 is 0. The molecule has 1 aromatic carbocycles. The molecule has 3 aromatic rings. The van der Waals surface area contributed by atoms with E-state index in [1.54, 1.807) is 46.3 Å². The summed E-state index contributed by atoms with van der Waals surface area (Å²) in [5, 5.41) is 0. The average molecular weight is 405 g/mol. The number of furan rings is 1. The molecule has 2 heterocycles. The molecule has 0 N–H and O–H groups in total. The lowest BCUT2D eigenvalue weighted by molar-refractivity contribution is -0.138. The van der Waals surface area contributed by atoms with Gasteiger partial charge in [-0.1, -0.05) is 26.0 Å². The largest absolute Gasteiger partial charge is 0.467 e. The topological polar surface area (TPSA) is 51.3 Å². The molecule has 3 rings (SSSR count). The van der Waals surface area contributed by atoms with Crippen LogP contribution in [0, 0.1) is 5.92 Å². The van der Waals surface area contributed by atoms with Crippen molar-refractivity contribution in [2.45, 2.75) is 39.7 Å². The number of aromatic nitrogens is 2. The van der Waals surface area contributed by atoms with Crippen LogP contribution in [0.3, 0.4) is 0 Å². The molecular weight excluding hydrogens is 383 g/mol. The first-order chi connectivity index (χ1) is 13.7. The van der Waals surface area contributed by atoms with E-state index in [4.69, 9.17) is 4.42 Å². The number of nitrogens with zero attached hydrogens (tertiary/aromatic N) is 3. The Labute approximate surface area is 166 Å². The summed E-state index contributed by atoms with van der Waals surface area (Å²) in [5.74, 6) is 0.963. The molecule has 0 radical (unpaired) electrons. The van der Waals surface area contributed by atoms with Crippen molar-refractivity contribution < 1.29 is 22.4 Å². The first kappa shape index (κ1) is 20.7. The number of carbonyl (C=O) groups is 1. The maximum Gasteiger partial charge on any atom is 0.416 e. The van der Waals surface area contributed by atoms with E-state index in [1.807, 2.05) is 13.8 Å². The van der Waals surface area contributed by atoms with E-state index in [2.05, 4.69) is 4.98 Å². The van der Waals surface area contributed by atoms with Gasteiger partial charge in [-0.2, -0.15) is 13.2 Å². The van der Waals surface area contributed by atoms with Crippen LogP contribution in [0.4, 0.5) is 13.2 Å². The summed E-state index contributed by atoms with van der Waals surface area (Å²) in [7, 11) is 0. The van der Waals surface area contributed by atoms with Gasteiger partial charge in [0.15, 0.2) is 0 Å². The Morgan fingerprint density at radius 3 is 2.66 bits per heavy atom. The Bertz CT molecular complexity index is 946. The molecule has 0 spiro atoms. The fraction of sp³-hybridized carbons (Fsp3) is 0.333. The number of benzene rings is 1. The van der Waals surface area contributed by atoms with E-state index < -0.39 is 11.7 Å². The second kappa shape index (κ2) is 8.55. The zero-order valence-electron chi connectivity index (χ0n) is 16.2. The highest BCUT2D eigenvalue weighted by atomic mass is 19.4. The third-order valence-corrected chi connectivity index (χ3v) is 4.47. The van der Waals surface area contributed by atoms with Crippen molar-refractivity contribution in [3.63, 3.8) is 0 Å². The van der Waals surface area contributed by atoms with Gasteiger partial charge < -0.3 is 13.9 Å². The van der Waals surface area contributed by atoms with Gasteiger partial charge in [-0.15, -0.1) is 0 Å².